The zero-order valence-corrected chi connectivity index (χ0v) is 9.22. The van der Waals surface area contributed by atoms with Gasteiger partial charge in [-0.25, -0.2) is 0 Å². The summed E-state index contributed by atoms with van der Waals surface area (Å²) in [7, 11) is 7.11. The zero-order valence-electron chi connectivity index (χ0n) is 9.22. The Balaban J connectivity index is 3.26. The Hall–Kier alpha value is -1.92. The van der Waals surface area contributed by atoms with Crippen molar-refractivity contribution in [3.8, 4) is 0 Å². The van der Waals surface area contributed by atoms with E-state index in [1.165, 1.54) is 0 Å². The fourth-order valence-corrected chi connectivity index (χ4v) is 0.864. The number of carbonyl (C=O) groups excluding carboxylic acids is 1. The van der Waals surface area contributed by atoms with Crippen LogP contribution in [0.5, 0.6) is 0 Å². The minimum atomic E-state index is -0.663. The van der Waals surface area contributed by atoms with Crippen LogP contribution in [-0.2, 0) is 0 Å². The summed E-state index contributed by atoms with van der Waals surface area (Å²) in [6, 6.07) is 0. The molecule has 0 spiro atoms. The van der Waals surface area contributed by atoms with Crippen molar-refractivity contribution in [2.45, 2.75) is 0 Å². The topological polar surface area (TPSA) is 88.2 Å². The number of aromatic nitrogens is 3. The third kappa shape index (κ3) is 2.52. The summed E-state index contributed by atoms with van der Waals surface area (Å²) in [4.78, 5) is 26.3. The highest BCUT2D eigenvalue weighted by Gasteiger charge is 2.12. The molecule has 7 nitrogen and oxygen atoms in total. The van der Waals surface area contributed by atoms with Gasteiger partial charge in [-0.3, -0.25) is 4.79 Å². The van der Waals surface area contributed by atoms with E-state index in [2.05, 4.69) is 15.0 Å². The van der Waals surface area contributed by atoms with Crippen molar-refractivity contribution in [1.29, 1.82) is 0 Å². The van der Waals surface area contributed by atoms with Gasteiger partial charge in [-0.2, -0.15) is 15.0 Å². The molecular weight excluding hydrogens is 196 g/mol. The molecule has 0 fully saturated rings. The molecule has 7 heteroatoms. The molecule has 0 unspecified atom stereocenters. The van der Waals surface area contributed by atoms with Gasteiger partial charge in [0.2, 0.25) is 17.7 Å². The number of carbonyl (C=O) groups is 1. The molecule has 0 aromatic carbocycles. The molecule has 2 N–H and O–H groups in total. The maximum absolute atomic E-state index is 11.0. The van der Waals surface area contributed by atoms with Crippen molar-refractivity contribution < 1.29 is 4.79 Å². The van der Waals surface area contributed by atoms with Gasteiger partial charge >= 0.3 is 0 Å². The van der Waals surface area contributed by atoms with E-state index in [0.29, 0.717) is 11.9 Å². The van der Waals surface area contributed by atoms with Gasteiger partial charge in [0.1, 0.15) is 0 Å². The first kappa shape index (κ1) is 11.2. The molecule has 0 radical (unpaired) electrons. The van der Waals surface area contributed by atoms with E-state index in [0.717, 1.165) is 0 Å². The summed E-state index contributed by atoms with van der Waals surface area (Å²) in [5, 5.41) is 0. The zero-order chi connectivity index (χ0) is 11.6. The minimum Gasteiger partial charge on any atom is -0.363 e. The first-order chi connectivity index (χ1) is 6.91. The summed E-state index contributed by atoms with van der Waals surface area (Å²) < 4.78 is 0. The molecule has 1 heterocycles. The lowest BCUT2D eigenvalue weighted by molar-refractivity contribution is 0.0990. The van der Waals surface area contributed by atoms with Gasteiger partial charge in [-0.05, 0) is 0 Å². The Morgan fingerprint density at radius 3 is 1.67 bits per heavy atom. The Labute approximate surface area is 87.9 Å². The number of nitrogens with two attached hydrogens (primary N) is 1. The van der Waals surface area contributed by atoms with E-state index >= 15 is 0 Å². The van der Waals surface area contributed by atoms with Gasteiger partial charge in [0.25, 0.3) is 5.91 Å². The fourth-order valence-electron chi connectivity index (χ4n) is 0.864. The van der Waals surface area contributed by atoms with Gasteiger partial charge < -0.3 is 15.5 Å². The van der Waals surface area contributed by atoms with Crippen molar-refractivity contribution in [3.63, 3.8) is 0 Å². The monoisotopic (exact) mass is 210 g/mol. The lowest BCUT2D eigenvalue weighted by atomic mass is 10.5. The van der Waals surface area contributed by atoms with E-state index in [1.54, 1.807) is 38.0 Å². The fraction of sp³-hybridized carbons (Fsp3) is 0.500. The van der Waals surface area contributed by atoms with Crippen LogP contribution in [0.3, 0.4) is 0 Å². The van der Waals surface area contributed by atoms with E-state index in [-0.39, 0.29) is 5.82 Å². The summed E-state index contributed by atoms with van der Waals surface area (Å²) in [5.74, 6) is 0.117. The average Bonchev–Trinajstić information content (AvgIpc) is 2.16. The first-order valence-electron chi connectivity index (χ1n) is 4.32. The molecule has 1 rings (SSSR count). The second kappa shape index (κ2) is 4.07. The average molecular weight is 210 g/mol. The SMILES string of the molecule is CN(C)c1nc(C(N)=O)nc(N(C)C)n1. The van der Waals surface area contributed by atoms with Crippen LogP contribution in [0.1, 0.15) is 10.6 Å². The standard InChI is InChI=1S/C8H14N6O/c1-13(2)7-10-6(5(9)15)11-8(12-7)14(3)4/h1-4H3,(H2,9,15). The number of nitrogens with zero attached hydrogens (tertiary/aromatic N) is 5. The molecule has 1 aromatic rings. The molecule has 82 valence electrons. The summed E-state index contributed by atoms with van der Waals surface area (Å²) in [6.07, 6.45) is 0. The molecule has 0 saturated heterocycles. The normalized spacial score (nSPS) is 9.87. The molecule has 0 aliphatic heterocycles. The second-order valence-corrected chi connectivity index (χ2v) is 3.41. The molecule has 0 atom stereocenters. The number of hydrogen-bond donors (Lipinski definition) is 1. The highest BCUT2D eigenvalue weighted by Crippen LogP contribution is 2.09. The van der Waals surface area contributed by atoms with Gasteiger partial charge in [0.05, 0.1) is 0 Å². The van der Waals surface area contributed by atoms with Crippen LogP contribution in [-0.4, -0.2) is 49.0 Å². The number of hydrogen-bond acceptors (Lipinski definition) is 6. The van der Waals surface area contributed by atoms with Crippen LogP contribution < -0.4 is 15.5 Å². The highest BCUT2D eigenvalue weighted by molar-refractivity contribution is 5.89. The van der Waals surface area contributed by atoms with Crippen molar-refractivity contribution in [2.24, 2.45) is 5.73 Å². The number of rotatable bonds is 3. The van der Waals surface area contributed by atoms with Crippen molar-refractivity contribution in [2.75, 3.05) is 38.0 Å². The number of anilines is 2. The van der Waals surface area contributed by atoms with E-state index < -0.39 is 5.91 Å². The van der Waals surface area contributed by atoms with Crippen LogP contribution in [0.2, 0.25) is 0 Å². The molecule has 0 aliphatic carbocycles. The van der Waals surface area contributed by atoms with Gasteiger partial charge in [0.15, 0.2) is 0 Å². The highest BCUT2D eigenvalue weighted by atomic mass is 16.1. The van der Waals surface area contributed by atoms with Crippen molar-refractivity contribution in [1.82, 2.24) is 15.0 Å². The van der Waals surface area contributed by atoms with E-state index in [9.17, 15) is 4.79 Å². The van der Waals surface area contributed by atoms with Crippen molar-refractivity contribution >= 4 is 17.8 Å². The largest absolute Gasteiger partial charge is 0.363 e. The maximum atomic E-state index is 11.0. The molecule has 15 heavy (non-hydrogen) atoms. The number of primary amides is 1. The van der Waals surface area contributed by atoms with E-state index in [1.807, 2.05) is 0 Å². The van der Waals surface area contributed by atoms with Gasteiger partial charge in [-0.1, -0.05) is 0 Å². The van der Waals surface area contributed by atoms with Crippen LogP contribution in [0, 0.1) is 0 Å². The van der Waals surface area contributed by atoms with Crippen LogP contribution in [0.25, 0.3) is 0 Å². The third-order valence-corrected chi connectivity index (χ3v) is 1.63. The summed E-state index contributed by atoms with van der Waals surface area (Å²) in [5.41, 5.74) is 5.12. The Bertz CT molecular complexity index is 349. The van der Waals surface area contributed by atoms with Crippen molar-refractivity contribution in [3.05, 3.63) is 5.82 Å². The molecule has 0 bridgehead atoms. The minimum absolute atomic E-state index is 0.0302. The van der Waals surface area contributed by atoms with Gasteiger partial charge in [0, 0.05) is 28.2 Å². The lowest BCUT2D eigenvalue weighted by Gasteiger charge is -2.15. The Morgan fingerprint density at radius 1 is 1.00 bits per heavy atom. The summed E-state index contributed by atoms with van der Waals surface area (Å²) >= 11 is 0. The van der Waals surface area contributed by atoms with Crippen LogP contribution in [0.15, 0.2) is 0 Å². The maximum Gasteiger partial charge on any atom is 0.286 e. The lowest BCUT2D eigenvalue weighted by Crippen LogP contribution is -2.23. The van der Waals surface area contributed by atoms with E-state index in [4.69, 9.17) is 5.73 Å². The quantitative estimate of drug-likeness (QED) is 0.695. The van der Waals surface area contributed by atoms with Gasteiger partial charge in [-0.15, -0.1) is 0 Å². The predicted molar refractivity (Wildman–Crippen MR) is 57.0 cm³/mol. The molecule has 1 aromatic heterocycles. The molecule has 0 saturated carbocycles. The number of amides is 1. The van der Waals surface area contributed by atoms with Crippen LogP contribution >= 0.6 is 0 Å². The summed E-state index contributed by atoms with van der Waals surface area (Å²) in [6.45, 7) is 0. The molecular formula is C8H14N6O. The Morgan fingerprint density at radius 2 is 1.40 bits per heavy atom. The second-order valence-electron chi connectivity index (χ2n) is 3.41. The first-order valence-corrected chi connectivity index (χ1v) is 4.32. The Kier molecular flexibility index (Phi) is 3.03. The molecule has 0 aliphatic rings. The molecule has 1 amide bonds. The third-order valence-electron chi connectivity index (χ3n) is 1.63. The van der Waals surface area contributed by atoms with Crippen LogP contribution in [0.4, 0.5) is 11.9 Å². The predicted octanol–water partition coefficient (Wildman–Crippen LogP) is -0.897. The smallest absolute Gasteiger partial charge is 0.286 e.